The minimum atomic E-state index is -0.0763. The van der Waals surface area contributed by atoms with E-state index in [1.807, 2.05) is 6.07 Å². The summed E-state index contributed by atoms with van der Waals surface area (Å²) >= 11 is 0. The number of ether oxygens (including phenoxy) is 1. The molecule has 2 aromatic carbocycles. The van der Waals surface area contributed by atoms with E-state index < -0.39 is 0 Å². The van der Waals surface area contributed by atoms with E-state index in [9.17, 15) is 0 Å². The lowest BCUT2D eigenvalue weighted by atomic mass is 9.98. The van der Waals surface area contributed by atoms with E-state index in [1.54, 1.807) is 0 Å². The zero-order valence-electron chi connectivity index (χ0n) is 11.5. The lowest BCUT2D eigenvalue weighted by Gasteiger charge is -2.28. The second kappa shape index (κ2) is 6.18. The van der Waals surface area contributed by atoms with Crippen LogP contribution < -0.4 is 11.1 Å². The molecule has 0 spiro atoms. The molecule has 2 aromatic rings. The van der Waals surface area contributed by atoms with E-state index in [2.05, 4.69) is 53.8 Å². The topological polar surface area (TPSA) is 47.3 Å². The monoisotopic (exact) mass is 268 g/mol. The number of hydrogen-bond acceptors (Lipinski definition) is 3. The first-order valence-corrected chi connectivity index (χ1v) is 7.08. The first-order valence-electron chi connectivity index (χ1n) is 7.08. The van der Waals surface area contributed by atoms with Crippen molar-refractivity contribution in [3.8, 4) is 11.1 Å². The van der Waals surface area contributed by atoms with Crippen molar-refractivity contribution in [1.82, 2.24) is 5.32 Å². The van der Waals surface area contributed by atoms with Crippen LogP contribution in [0.25, 0.3) is 11.1 Å². The van der Waals surface area contributed by atoms with Gasteiger partial charge in [0.2, 0.25) is 0 Å². The Hall–Kier alpha value is -1.68. The van der Waals surface area contributed by atoms with E-state index in [1.165, 1.54) is 11.1 Å². The van der Waals surface area contributed by atoms with Gasteiger partial charge < -0.3 is 15.8 Å². The molecule has 20 heavy (non-hydrogen) atoms. The Kier molecular flexibility index (Phi) is 4.11. The van der Waals surface area contributed by atoms with E-state index in [4.69, 9.17) is 10.5 Å². The molecule has 3 nitrogen and oxygen atoms in total. The van der Waals surface area contributed by atoms with E-state index in [-0.39, 0.29) is 12.1 Å². The standard InChI is InChI=1S/C17H20N2O/c18-17(16-12-19-10-11-20-16)15-8-6-14(7-9-15)13-4-2-1-3-5-13/h1-9,16-17,19H,10-12,18H2. The van der Waals surface area contributed by atoms with Crippen LogP contribution in [0.15, 0.2) is 54.6 Å². The molecule has 3 rings (SSSR count). The number of nitrogens with two attached hydrogens (primary N) is 1. The first-order chi connectivity index (χ1) is 9.84. The van der Waals surface area contributed by atoms with Crippen LogP contribution in [0.1, 0.15) is 11.6 Å². The van der Waals surface area contributed by atoms with Crippen molar-refractivity contribution in [3.63, 3.8) is 0 Å². The van der Waals surface area contributed by atoms with Crippen LogP contribution in [0.2, 0.25) is 0 Å². The smallest absolute Gasteiger partial charge is 0.0892 e. The normalized spacial score (nSPS) is 20.6. The molecular weight excluding hydrogens is 248 g/mol. The van der Waals surface area contributed by atoms with Gasteiger partial charge in [-0.15, -0.1) is 0 Å². The van der Waals surface area contributed by atoms with Gasteiger partial charge in [0.1, 0.15) is 0 Å². The van der Waals surface area contributed by atoms with Crippen LogP contribution >= 0.6 is 0 Å². The number of hydrogen-bond donors (Lipinski definition) is 2. The van der Waals surface area contributed by atoms with E-state index in [0.717, 1.165) is 25.3 Å². The van der Waals surface area contributed by atoms with Gasteiger partial charge in [0.25, 0.3) is 0 Å². The number of nitrogens with one attached hydrogen (secondary N) is 1. The maximum atomic E-state index is 6.29. The Morgan fingerprint density at radius 2 is 1.70 bits per heavy atom. The second-order valence-corrected chi connectivity index (χ2v) is 5.13. The fourth-order valence-electron chi connectivity index (χ4n) is 2.56. The van der Waals surface area contributed by atoms with Gasteiger partial charge in [0.05, 0.1) is 18.8 Å². The van der Waals surface area contributed by atoms with Gasteiger partial charge in [-0.05, 0) is 16.7 Å². The van der Waals surface area contributed by atoms with Crippen molar-refractivity contribution < 1.29 is 4.74 Å². The minimum Gasteiger partial charge on any atom is -0.374 e. The predicted octanol–water partition coefficient (Wildman–Crippen LogP) is 2.34. The molecule has 0 radical (unpaired) electrons. The maximum absolute atomic E-state index is 6.29. The zero-order chi connectivity index (χ0) is 13.8. The van der Waals surface area contributed by atoms with Crippen LogP contribution in [0.3, 0.4) is 0 Å². The average Bonchev–Trinajstić information content (AvgIpc) is 2.56. The predicted molar refractivity (Wildman–Crippen MR) is 81.4 cm³/mol. The molecule has 3 heteroatoms. The average molecular weight is 268 g/mol. The van der Waals surface area contributed by atoms with Crippen molar-refractivity contribution in [2.24, 2.45) is 5.73 Å². The minimum absolute atomic E-state index is 0.0614. The number of morpholine rings is 1. The molecule has 1 heterocycles. The molecule has 0 saturated carbocycles. The highest BCUT2D eigenvalue weighted by atomic mass is 16.5. The highest BCUT2D eigenvalue weighted by Gasteiger charge is 2.22. The first kappa shape index (κ1) is 13.3. The third kappa shape index (κ3) is 2.90. The van der Waals surface area contributed by atoms with Gasteiger partial charge in [-0.2, -0.15) is 0 Å². The van der Waals surface area contributed by atoms with Crippen molar-refractivity contribution >= 4 is 0 Å². The van der Waals surface area contributed by atoms with Crippen LogP contribution in [-0.4, -0.2) is 25.8 Å². The van der Waals surface area contributed by atoms with Gasteiger partial charge >= 0.3 is 0 Å². The molecule has 1 fully saturated rings. The summed E-state index contributed by atoms with van der Waals surface area (Å²) in [6.07, 6.45) is 0.0614. The molecule has 2 atom stereocenters. The molecule has 1 aliphatic rings. The number of benzene rings is 2. The van der Waals surface area contributed by atoms with Crippen LogP contribution in [0.5, 0.6) is 0 Å². The van der Waals surface area contributed by atoms with Gasteiger partial charge in [-0.25, -0.2) is 0 Å². The molecule has 0 bridgehead atoms. The fourth-order valence-corrected chi connectivity index (χ4v) is 2.56. The van der Waals surface area contributed by atoms with Crippen molar-refractivity contribution in [2.45, 2.75) is 12.1 Å². The van der Waals surface area contributed by atoms with Crippen LogP contribution in [0, 0.1) is 0 Å². The van der Waals surface area contributed by atoms with Gasteiger partial charge in [-0.1, -0.05) is 54.6 Å². The summed E-state index contributed by atoms with van der Waals surface area (Å²) in [5.41, 5.74) is 9.85. The lowest BCUT2D eigenvalue weighted by molar-refractivity contribution is 0.0122. The maximum Gasteiger partial charge on any atom is 0.0892 e. The van der Waals surface area contributed by atoms with E-state index in [0.29, 0.717) is 0 Å². The lowest BCUT2D eigenvalue weighted by Crippen LogP contribution is -2.44. The molecule has 104 valence electrons. The Bertz CT molecular complexity index is 533. The second-order valence-electron chi connectivity index (χ2n) is 5.13. The molecule has 1 saturated heterocycles. The summed E-state index contributed by atoms with van der Waals surface area (Å²) < 4.78 is 5.72. The SMILES string of the molecule is NC(c1ccc(-c2ccccc2)cc1)C1CNCCO1. The Morgan fingerprint density at radius 1 is 1.00 bits per heavy atom. The summed E-state index contributed by atoms with van der Waals surface area (Å²) in [4.78, 5) is 0. The molecule has 1 aliphatic heterocycles. The third-order valence-corrected chi connectivity index (χ3v) is 3.76. The van der Waals surface area contributed by atoms with Crippen molar-refractivity contribution in [3.05, 3.63) is 60.2 Å². The summed E-state index contributed by atoms with van der Waals surface area (Å²) in [6, 6.07) is 18.7. The van der Waals surface area contributed by atoms with Crippen molar-refractivity contribution in [2.75, 3.05) is 19.7 Å². The summed E-state index contributed by atoms with van der Waals surface area (Å²) in [5.74, 6) is 0. The fraction of sp³-hybridized carbons (Fsp3) is 0.294. The Morgan fingerprint density at radius 3 is 2.35 bits per heavy atom. The summed E-state index contributed by atoms with van der Waals surface area (Å²) in [7, 11) is 0. The van der Waals surface area contributed by atoms with Crippen LogP contribution in [-0.2, 0) is 4.74 Å². The number of rotatable bonds is 3. The molecule has 0 amide bonds. The van der Waals surface area contributed by atoms with Crippen molar-refractivity contribution in [1.29, 1.82) is 0 Å². The summed E-state index contributed by atoms with van der Waals surface area (Å²) in [6.45, 7) is 2.47. The van der Waals surface area contributed by atoms with E-state index >= 15 is 0 Å². The highest BCUT2D eigenvalue weighted by Crippen LogP contribution is 2.23. The Balaban J connectivity index is 1.75. The highest BCUT2D eigenvalue weighted by molar-refractivity contribution is 5.63. The van der Waals surface area contributed by atoms with Gasteiger partial charge in [-0.3, -0.25) is 0 Å². The molecule has 2 unspecified atom stereocenters. The zero-order valence-corrected chi connectivity index (χ0v) is 11.5. The molecule has 3 N–H and O–H groups in total. The largest absolute Gasteiger partial charge is 0.374 e. The van der Waals surface area contributed by atoms with Gasteiger partial charge in [0, 0.05) is 13.1 Å². The molecular formula is C17H20N2O. The van der Waals surface area contributed by atoms with Crippen LogP contribution in [0.4, 0.5) is 0 Å². The molecule has 0 aliphatic carbocycles. The quantitative estimate of drug-likeness (QED) is 0.898. The van der Waals surface area contributed by atoms with Gasteiger partial charge in [0.15, 0.2) is 0 Å². The Labute approximate surface area is 119 Å². The summed E-state index contributed by atoms with van der Waals surface area (Å²) in [5, 5.41) is 3.32. The molecule has 0 aromatic heterocycles. The third-order valence-electron chi connectivity index (χ3n) is 3.76.